The normalized spacial score (nSPS) is 16.3. The first-order chi connectivity index (χ1) is 32.0. The molecule has 0 unspecified atom stereocenters. The smallest absolute Gasteiger partial charge is 0.248 e. The molecule has 0 spiro atoms. The molecular weight excluding hydrogens is 814 g/mol. The number of anilines is 3. The van der Waals surface area contributed by atoms with Crippen molar-refractivity contribution in [1.82, 2.24) is 0 Å². The minimum Gasteiger partial charge on any atom is -0.311 e. The molecule has 312 valence electrons. The molecule has 15 rings (SSSR count). The number of rotatable bonds is 2. The highest BCUT2D eigenvalue weighted by Gasteiger charge is 2.48. The van der Waals surface area contributed by atoms with Crippen LogP contribution in [0.15, 0.2) is 170 Å². The van der Waals surface area contributed by atoms with Crippen molar-refractivity contribution < 1.29 is 0 Å². The van der Waals surface area contributed by atoms with Crippen LogP contribution in [0.5, 0.6) is 0 Å². The van der Waals surface area contributed by atoms with Crippen LogP contribution in [-0.2, 0) is 16.2 Å². The Balaban J connectivity index is 1.06. The molecule has 0 bridgehead atoms. The molecule has 10 aromatic rings. The maximum atomic E-state index is 2.66. The fourth-order valence-electron chi connectivity index (χ4n) is 13.6. The van der Waals surface area contributed by atoms with Crippen LogP contribution < -0.4 is 21.3 Å². The van der Waals surface area contributed by atoms with Crippen LogP contribution in [0.4, 0.5) is 17.1 Å². The first kappa shape index (κ1) is 37.3. The van der Waals surface area contributed by atoms with Crippen molar-refractivity contribution in [2.24, 2.45) is 0 Å². The van der Waals surface area contributed by atoms with E-state index in [4.69, 9.17) is 0 Å². The van der Waals surface area contributed by atoms with Crippen LogP contribution in [0, 0.1) is 0 Å². The van der Waals surface area contributed by atoms with Gasteiger partial charge in [0.05, 0.1) is 0 Å². The Morgan fingerprint density at radius 1 is 0.364 bits per heavy atom. The highest BCUT2D eigenvalue weighted by molar-refractivity contribution is 7.25. The first-order valence-corrected chi connectivity index (χ1v) is 24.5. The van der Waals surface area contributed by atoms with E-state index in [-0.39, 0.29) is 23.0 Å². The summed E-state index contributed by atoms with van der Waals surface area (Å²) < 4.78 is 2.67. The van der Waals surface area contributed by atoms with Crippen LogP contribution in [0.3, 0.4) is 0 Å². The van der Waals surface area contributed by atoms with E-state index < -0.39 is 0 Å². The van der Waals surface area contributed by atoms with Crippen molar-refractivity contribution in [1.29, 1.82) is 0 Å². The van der Waals surface area contributed by atoms with Gasteiger partial charge in [-0.15, -0.1) is 11.3 Å². The first-order valence-electron chi connectivity index (χ1n) is 23.7. The molecular formula is C63H46BNS. The molecule has 0 N–H and O–H groups in total. The third kappa shape index (κ3) is 4.53. The van der Waals surface area contributed by atoms with E-state index in [2.05, 4.69) is 216 Å². The van der Waals surface area contributed by atoms with E-state index in [1.165, 1.54) is 143 Å². The molecule has 3 aliphatic carbocycles. The Morgan fingerprint density at radius 2 is 0.924 bits per heavy atom. The fraction of sp³-hybridized carbons (Fsp3) is 0.143. The summed E-state index contributed by atoms with van der Waals surface area (Å²) in [6.45, 7) is 14.6. The van der Waals surface area contributed by atoms with E-state index in [1.54, 1.807) is 0 Å². The standard InChI is InChI=1S/C63H46BNS/c1-61(2)48-19-11-7-15-38(48)42-30-37(24-25-51(42)61)65-56-32-44-40-17-9-13-21-50(40)63(5,6)53(44)34-55(56)64-54-33-52-43(39-16-8-12-20-49(39)62(52,3)4)31-45(54)47-28-36(29-57(65)60(47)64)35-23-26-59-46(27-35)41-18-10-14-22-58(41)66-59/h7-34H,1-6H3. The number of benzene rings is 9. The van der Waals surface area contributed by atoms with Crippen molar-refractivity contribution >= 4 is 71.7 Å². The van der Waals surface area contributed by atoms with Gasteiger partial charge in [0.25, 0.3) is 0 Å². The van der Waals surface area contributed by atoms with Crippen molar-refractivity contribution in [3.63, 3.8) is 0 Å². The molecule has 9 aromatic carbocycles. The number of thiophene rings is 1. The molecule has 5 aliphatic rings. The van der Waals surface area contributed by atoms with Crippen LogP contribution >= 0.6 is 11.3 Å². The van der Waals surface area contributed by atoms with E-state index in [9.17, 15) is 0 Å². The van der Waals surface area contributed by atoms with E-state index >= 15 is 0 Å². The predicted octanol–water partition coefficient (Wildman–Crippen LogP) is 14.9. The van der Waals surface area contributed by atoms with Crippen LogP contribution in [0.1, 0.15) is 74.9 Å². The van der Waals surface area contributed by atoms with Crippen molar-refractivity contribution in [3.8, 4) is 55.6 Å². The monoisotopic (exact) mass is 859 g/mol. The van der Waals surface area contributed by atoms with Gasteiger partial charge in [-0.3, -0.25) is 0 Å². The van der Waals surface area contributed by atoms with Gasteiger partial charge in [-0.1, -0.05) is 162 Å². The van der Waals surface area contributed by atoms with Crippen LogP contribution in [-0.4, -0.2) is 6.71 Å². The largest absolute Gasteiger partial charge is 0.311 e. The number of hydrogen-bond acceptors (Lipinski definition) is 2. The summed E-state index contributed by atoms with van der Waals surface area (Å²) in [6, 6.07) is 66.2. The average Bonchev–Trinajstić information content (AvgIpc) is 4.06. The molecule has 0 fully saturated rings. The lowest BCUT2D eigenvalue weighted by Crippen LogP contribution is -2.55. The Morgan fingerprint density at radius 3 is 1.62 bits per heavy atom. The van der Waals surface area contributed by atoms with Crippen molar-refractivity contribution in [2.75, 3.05) is 4.90 Å². The van der Waals surface area contributed by atoms with Gasteiger partial charge in [-0.2, -0.15) is 0 Å². The molecule has 0 saturated heterocycles. The summed E-state index contributed by atoms with van der Waals surface area (Å²) >= 11 is 1.89. The molecule has 0 radical (unpaired) electrons. The maximum Gasteiger partial charge on any atom is 0.248 e. The Hall–Kier alpha value is -6.94. The van der Waals surface area contributed by atoms with Crippen LogP contribution in [0.25, 0.3) is 75.8 Å². The number of fused-ring (bicyclic) bond motifs is 17. The van der Waals surface area contributed by atoms with Gasteiger partial charge in [-0.05, 0) is 155 Å². The summed E-state index contributed by atoms with van der Waals surface area (Å²) in [5.41, 5.74) is 29.6. The maximum absolute atomic E-state index is 2.66. The topological polar surface area (TPSA) is 3.24 Å². The van der Waals surface area contributed by atoms with Crippen LogP contribution in [0.2, 0.25) is 0 Å². The zero-order valence-corrected chi connectivity index (χ0v) is 38.9. The summed E-state index contributed by atoms with van der Waals surface area (Å²) in [6.07, 6.45) is 0. The molecule has 1 aromatic heterocycles. The van der Waals surface area contributed by atoms with Gasteiger partial charge in [-0.25, -0.2) is 0 Å². The second-order valence-corrected chi connectivity index (χ2v) is 22.3. The summed E-state index contributed by atoms with van der Waals surface area (Å²) in [4.78, 5) is 2.66. The molecule has 2 aliphatic heterocycles. The summed E-state index contributed by atoms with van der Waals surface area (Å²) in [5, 5.41) is 2.66. The fourth-order valence-corrected chi connectivity index (χ4v) is 14.7. The molecule has 66 heavy (non-hydrogen) atoms. The van der Waals surface area contributed by atoms with Gasteiger partial charge in [0.2, 0.25) is 6.71 Å². The number of hydrogen-bond donors (Lipinski definition) is 0. The highest BCUT2D eigenvalue weighted by Crippen LogP contribution is 2.56. The average molecular weight is 860 g/mol. The lowest BCUT2D eigenvalue weighted by Gasteiger charge is -2.38. The minimum atomic E-state index is -0.130. The lowest BCUT2D eigenvalue weighted by molar-refractivity contribution is 0.660. The molecule has 3 heterocycles. The van der Waals surface area contributed by atoms with Gasteiger partial charge in [0, 0.05) is 53.5 Å². The summed E-state index contributed by atoms with van der Waals surface area (Å²) in [7, 11) is 0. The molecule has 0 atom stereocenters. The van der Waals surface area contributed by atoms with Gasteiger partial charge in [0.1, 0.15) is 0 Å². The predicted molar refractivity (Wildman–Crippen MR) is 282 cm³/mol. The zero-order chi connectivity index (χ0) is 44.2. The Kier molecular flexibility index (Phi) is 6.94. The summed E-state index contributed by atoms with van der Waals surface area (Å²) in [5.74, 6) is 0. The van der Waals surface area contributed by atoms with Crippen molar-refractivity contribution in [3.05, 3.63) is 203 Å². The van der Waals surface area contributed by atoms with E-state index in [0.29, 0.717) is 0 Å². The van der Waals surface area contributed by atoms with Gasteiger partial charge < -0.3 is 4.90 Å². The second kappa shape index (κ2) is 12.3. The SMILES string of the molecule is CC1(C)c2ccccc2-c2cc(N3c4cc5c(cc4B4c6cc7c(cc6-c6cc(-c8ccc9sc%10ccccc%10c9c8)cc3c64)-c3ccccc3C7(C)C)C(C)(C)c3ccccc3-5)ccc21. The Bertz CT molecular complexity index is 3880. The van der Waals surface area contributed by atoms with Gasteiger partial charge in [0.15, 0.2) is 0 Å². The minimum absolute atomic E-state index is 0.0778. The van der Waals surface area contributed by atoms with E-state index in [1.807, 2.05) is 11.3 Å². The molecule has 3 heteroatoms. The van der Waals surface area contributed by atoms with E-state index in [0.717, 1.165) is 0 Å². The molecule has 1 nitrogen and oxygen atoms in total. The Labute approximate surface area is 391 Å². The number of nitrogens with zero attached hydrogens (tertiary/aromatic N) is 1. The highest BCUT2D eigenvalue weighted by atomic mass is 32.1. The molecule has 0 amide bonds. The third-order valence-electron chi connectivity index (χ3n) is 16.9. The quantitative estimate of drug-likeness (QED) is 0.157. The lowest BCUT2D eigenvalue weighted by atomic mass is 9.36. The zero-order valence-electron chi connectivity index (χ0n) is 38.1. The van der Waals surface area contributed by atoms with Gasteiger partial charge >= 0.3 is 0 Å². The van der Waals surface area contributed by atoms with Crippen molar-refractivity contribution in [2.45, 2.75) is 57.8 Å². The molecule has 0 saturated carbocycles. The third-order valence-corrected chi connectivity index (χ3v) is 18.0. The second-order valence-electron chi connectivity index (χ2n) is 21.2.